The fraction of sp³-hybridized carbons (Fsp3) is 0.250. The topological polar surface area (TPSA) is 91.8 Å². The molecule has 1 fully saturated rings. The Balaban J connectivity index is 1.80. The average Bonchev–Trinajstić information content (AvgIpc) is 2.85. The summed E-state index contributed by atoms with van der Waals surface area (Å²) in [7, 11) is -3.37. The molecule has 0 radical (unpaired) electrons. The van der Waals surface area contributed by atoms with Crippen molar-refractivity contribution in [2.45, 2.75) is 24.8 Å². The number of ketones is 1. The number of imide groups is 1. The normalized spacial score (nSPS) is 17.3. The zero-order chi connectivity index (χ0) is 20.6. The summed E-state index contributed by atoms with van der Waals surface area (Å²) in [6.45, 7) is 3.14. The van der Waals surface area contributed by atoms with E-state index in [1.807, 2.05) is 19.1 Å². The SMILES string of the molecule is Cc1ccc(N2C(=O)N(CC(=O)c3ccc(S(C)(=O)=O)cc3)C(=O)[C@H]2C)cc1. The summed E-state index contributed by atoms with van der Waals surface area (Å²) in [6, 6.07) is 11.4. The molecule has 146 valence electrons. The molecule has 0 saturated carbocycles. The number of amides is 3. The smallest absolute Gasteiger partial charge is 0.292 e. The minimum atomic E-state index is -3.37. The summed E-state index contributed by atoms with van der Waals surface area (Å²) in [5.74, 6) is -0.897. The van der Waals surface area contributed by atoms with E-state index in [0.717, 1.165) is 16.7 Å². The molecule has 2 aromatic carbocycles. The van der Waals surface area contributed by atoms with Gasteiger partial charge < -0.3 is 0 Å². The van der Waals surface area contributed by atoms with Gasteiger partial charge in [-0.2, -0.15) is 0 Å². The van der Waals surface area contributed by atoms with Gasteiger partial charge in [-0.25, -0.2) is 13.2 Å². The Bertz CT molecular complexity index is 1040. The third-order valence-electron chi connectivity index (χ3n) is 4.67. The van der Waals surface area contributed by atoms with Crippen LogP contribution in [0.3, 0.4) is 0 Å². The third-order valence-corrected chi connectivity index (χ3v) is 5.79. The van der Waals surface area contributed by atoms with Crippen molar-refractivity contribution in [2.24, 2.45) is 0 Å². The molecular weight excluding hydrogens is 380 g/mol. The van der Waals surface area contributed by atoms with Crippen molar-refractivity contribution in [3.8, 4) is 0 Å². The first-order valence-corrected chi connectivity index (χ1v) is 10.5. The number of sulfone groups is 1. The summed E-state index contributed by atoms with van der Waals surface area (Å²) in [5.41, 5.74) is 1.84. The van der Waals surface area contributed by atoms with Crippen molar-refractivity contribution >= 4 is 33.2 Å². The first kappa shape index (κ1) is 19.8. The van der Waals surface area contributed by atoms with Crippen molar-refractivity contribution in [3.63, 3.8) is 0 Å². The maximum Gasteiger partial charge on any atom is 0.332 e. The number of carbonyl (C=O) groups is 3. The molecule has 0 aliphatic carbocycles. The highest BCUT2D eigenvalue weighted by Gasteiger charge is 2.44. The number of carbonyl (C=O) groups excluding carboxylic acids is 3. The number of benzene rings is 2. The molecule has 2 aromatic rings. The number of hydrogen-bond acceptors (Lipinski definition) is 5. The fourth-order valence-corrected chi connectivity index (χ4v) is 3.66. The first-order chi connectivity index (χ1) is 13.1. The molecule has 7 nitrogen and oxygen atoms in total. The quantitative estimate of drug-likeness (QED) is 0.568. The number of Topliss-reactive ketones (excluding diaryl/α,β-unsaturated/α-hetero) is 1. The number of urea groups is 1. The molecule has 1 aliphatic rings. The lowest BCUT2D eigenvalue weighted by atomic mass is 10.1. The van der Waals surface area contributed by atoms with E-state index in [1.54, 1.807) is 19.1 Å². The Hall–Kier alpha value is -3.00. The van der Waals surface area contributed by atoms with Crippen molar-refractivity contribution in [1.29, 1.82) is 0 Å². The van der Waals surface area contributed by atoms with Crippen LogP contribution in [0.2, 0.25) is 0 Å². The lowest BCUT2D eigenvalue weighted by molar-refractivity contribution is -0.126. The summed E-state index contributed by atoms with van der Waals surface area (Å²) >= 11 is 0. The fourth-order valence-electron chi connectivity index (χ4n) is 3.03. The second-order valence-electron chi connectivity index (χ2n) is 6.81. The van der Waals surface area contributed by atoms with Gasteiger partial charge in [-0.3, -0.25) is 19.4 Å². The molecule has 0 bridgehead atoms. The lowest BCUT2D eigenvalue weighted by Gasteiger charge is -2.19. The summed E-state index contributed by atoms with van der Waals surface area (Å²) < 4.78 is 23.0. The molecule has 1 saturated heterocycles. The molecule has 0 spiro atoms. The van der Waals surface area contributed by atoms with Crippen LogP contribution >= 0.6 is 0 Å². The van der Waals surface area contributed by atoms with Gasteiger partial charge >= 0.3 is 6.03 Å². The predicted octanol–water partition coefficient (Wildman–Crippen LogP) is 2.44. The molecule has 3 amide bonds. The Kier molecular flexibility index (Phi) is 5.08. The maximum absolute atomic E-state index is 12.8. The van der Waals surface area contributed by atoms with Crippen LogP contribution in [-0.2, 0) is 14.6 Å². The highest BCUT2D eigenvalue weighted by Crippen LogP contribution is 2.26. The number of nitrogens with zero attached hydrogens (tertiary/aromatic N) is 2. The van der Waals surface area contributed by atoms with E-state index < -0.39 is 40.1 Å². The van der Waals surface area contributed by atoms with Gasteiger partial charge in [0.2, 0.25) is 0 Å². The monoisotopic (exact) mass is 400 g/mol. The molecule has 3 rings (SSSR count). The Morgan fingerprint density at radius 2 is 1.57 bits per heavy atom. The molecule has 8 heteroatoms. The summed E-state index contributed by atoms with van der Waals surface area (Å²) in [5, 5.41) is 0. The van der Waals surface area contributed by atoms with Gasteiger partial charge in [0.15, 0.2) is 15.6 Å². The Morgan fingerprint density at radius 1 is 1.00 bits per heavy atom. The lowest BCUT2D eigenvalue weighted by Crippen LogP contribution is -2.37. The maximum atomic E-state index is 12.8. The van der Waals surface area contributed by atoms with Crippen molar-refractivity contribution < 1.29 is 22.8 Å². The van der Waals surface area contributed by atoms with Crippen LogP contribution in [0.15, 0.2) is 53.4 Å². The number of aryl methyl sites for hydroxylation is 1. The zero-order valence-electron chi connectivity index (χ0n) is 15.7. The van der Waals surface area contributed by atoms with E-state index in [1.165, 1.54) is 29.2 Å². The van der Waals surface area contributed by atoms with E-state index in [-0.39, 0.29) is 10.5 Å². The van der Waals surface area contributed by atoms with Crippen LogP contribution in [-0.4, -0.2) is 49.9 Å². The second kappa shape index (κ2) is 7.20. The van der Waals surface area contributed by atoms with Crippen LogP contribution in [0.1, 0.15) is 22.8 Å². The second-order valence-corrected chi connectivity index (χ2v) is 8.82. The molecule has 28 heavy (non-hydrogen) atoms. The first-order valence-electron chi connectivity index (χ1n) is 8.64. The van der Waals surface area contributed by atoms with Crippen LogP contribution < -0.4 is 4.90 Å². The van der Waals surface area contributed by atoms with Gasteiger partial charge in [0.05, 0.1) is 11.4 Å². The van der Waals surface area contributed by atoms with E-state index in [4.69, 9.17) is 0 Å². The van der Waals surface area contributed by atoms with E-state index in [9.17, 15) is 22.8 Å². The van der Waals surface area contributed by atoms with Crippen LogP contribution in [0.5, 0.6) is 0 Å². The van der Waals surface area contributed by atoms with Crippen LogP contribution in [0.4, 0.5) is 10.5 Å². The van der Waals surface area contributed by atoms with Gasteiger partial charge in [0, 0.05) is 17.5 Å². The molecule has 0 unspecified atom stereocenters. The van der Waals surface area contributed by atoms with Gasteiger partial charge in [0.1, 0.15) is 6.04 Å². The van der Waals surface area contributed by atoms with E-state index in [2.05, 4.69) is 0 Å². The zero-order valence-corrected chi connectivity index (χ0v) is 16.6. The summed E-state index contributed by atoms with van der Waals surface area (Å²) in [6.07, 6.45) is 1.08. The molecular formula is C20H20N2O5S. The van der Waals surface area contributed by atoms with E-state index in [0.29, 0.717) is 5.69 Å². The molecule has 0 aromatic heterocycles. The van der Waals surface area contributed by atoms with Crippen molar-refractivity contribution in [2.75, 3.05) is 17.7 Å². The Labute approximate surface area is 163 Å². The highest BCUT2D eigenvalue weighted by atomic mass is 32.2. The minimum absolute atomic E-state index is 0.0940. The minimum Gasteiger partial charge on any atom is -0.292 e. The summed E-state index contributed by atoms with van der Waals surface area (Å²) in [4.78, 5) is 40.2. The van der Waals surface area contributed by atoms with Crippen molar-refractivity contribution in [3.05, 3.63) is 59.7 Å². The highest BCUT2D eigenvalue weighted by molar-refractivity contribution is 7.90. The number of hydrogen-bond donors (Lipinski definition) is 0. The molecule has 1 heterocycles. The van der Waals surface area contributed by atoms with Gasteiger partial charge in [-0.1, -0.05) is 29.8 Å². The van der Waals surface area contributed by atoms with Crippen LogP contribution in [0, 0.1) is 6.92 Å². The van der Waals surface area contributed by atoms with Gasteiger partial charge in [-0.15, -0.1) is 0 Å². The predicted molar refractivity (Wildman–Crippen MR) is 104 cm³/mol. The molecule has 1 aliphatic heterocycles. The standard InChI is InChI=1S/C20H20N2O5S/c1-13-4-8-16(9-5-13)22-14(2)19(24)21(20(22)25)12-18(23)15-6-10-17(11-7-15)28(3,26)27/h4-11,14H,12H2,1-3H3/t14-/m1/s1. The van der Waals surface area contributed by atoms with E-state index >= 15 is 0 Å². The third kappa shape index (κ3) is 3.68. The Morgan fingerprint density at radius 3 is 2.11 bits per heavy atom. The number of anilines is 1. The van der Waals surface area contributed by atoms with Gasteiger partial charge in [0.25, 0.3) is 5.91 Å². The average molecular weight is 400 g/mol. The van der Waals surface area contributed by atoms with Gasteiger partial charge in [-0.05, 0) is 38.1 Å². The molecule has 0 N–H and O–H groups in total. The largest absolute Gasteiger partial charge is 0.332 e. The van der Waals surface area contributed by atoms with Crippen molar-refractivity contribution in [1.82, 2.24) is 4.90 Å². The van der Waals surface area contributed by atoms with Crippen LogP contribution in [0.25, 0.3) is 0 Å². The molecule has 1 atom stereocenters. The number of rotatable bonds is 5.